The number of anilines is 1. The Morgan fingerprint density at radius 2 is 1.85 bits per heavy atom. The van der Waals surface area contributed by atoms with Crippen LogP contribution < -0.4 is 10.1 Å². The number of hydrogen-bond acceptors (Lipinski definition) is 2. The average molecular weight is 294 g/mol. The molecule has 0 bridgehead atoms. The number of carbonyl (C=O) groups is 1. The van der Waals surface area contributed by atoms with E-state index < -0.39 is 17.8 Å². The van der Waals surface area contributed by atoms with E-state index in [4.69, 9.17) is 16.3 Å². The number of hydrogen-bond donors (Lipinski definition) is 1. The molecule has 0 aromatic heterocycles. The Morgan fingerprint density at radius 1 is 1.20 bits per heavy atom. The first kappa shape index (κ1) is 14.3. The van der Waals surface area contributed by atoms with Gasteiger partial charge in [-0.1, -0.05) is 35.9 Å². The molecule has 0 fully saturated rings. The van der Waals surface area contributed by atoms with Gasteiger partial charge < -0.3 is 10.1 Å². The molecule has 1 unspecified atom stereocenters. The Hall–Kier alpha value is -2.07. The second kappa shape index (κ2) is 6.39. The maximum Gasteiger partial charge on any atom is 0.265 e. The lowest BCUT2D eigenvalue weighted by atomic mass is 10.3. The average Bonchev–Trinajstić information content (AvgIpc) is 2.43. The van der Waals surface area contributed by atoms with Crippen molar-refractivity contribution >= 4 is 23.2 Å². The molecule has 0 saturated carbocycles. The molecule has 5 heteroatoms. The van der Waals surface area contributed by atoms with E-state index in [0.29, 0.717) is 10.7 Å². The zero-order valence-electron chi connectivity index (χ0n) is 10.8. The third-order valence-corrected chi connectivity index (χ3v) is 2.97. The van der Waals surface area contributed by atoms with Crippen molar-refractivity contribution in [2.75, 3.05) is 5.32 Å². The molecule has 0 saturated heterocycles. The summed E-state index contributed by atoms with van der Waals surface area (Å²) >= 11 is 5.94. The van der Waals surface area contributed by atoms with E-state index in [9.17, 15) is 9.18 Å². The lowest BCUT2D eigenvalue weighted by Crippen LogP contribution is -2.30. The molecule has 1 N–H and O–H groups in total. The summed E-state index contributed by atoms with van der Waals surface area (Å²) in [6.45, 7) is 1.54. The predicted molar refractivity (Wildman–Crippen MR) is 76.6 cm³/mol. The second-order valence-electron chi connectivity index (χ2n) is 4.16. The fourth-order valence-corrected chi connectivity index (χ4v) is 1.76. The van der Waals surface area contributed by atoms with E-state index in [2.05, 4.69) is 5.32 Å². The molecule has 2 rings (SSSR count). The van der Waals surface area contributed by atoms with Gasteiger partial charge in [0, 0.05) is 0 Å². The molecule has 0 radical (unpaired) electrons. The molecule has 104 valence electrons. The summed E-state index contributed by atoms with van der Waals surface area (Å²) in [6.07, 6.45) is -0.844. The number of rotatable bonds is 4. The van der Waals surface area contributed by atoms with Crippen molar-refractivity contribution in [3.63, 3.8) is 0 Å². The maximum absolute atomic E-state index is 13.4. The minimum Gasteiger partial charge on any atom is -0.478 e. The topological polar surface area (TPSA) is 38.3 Å². The number of benzene rings is 2. The van der Waals surface area contributed by atoms with Gasteiger partial charge in [-0.3, -0.25) is 4.79 Å². The van der Waals surface area contributed by atoms with Crippen LogP contribution in [0.3, 0.4) is 0 Å². The van der Waals surface area contributed by atoms with Crippen LogP contribution in [0.1, 0.15) is 6.92 Å². The fraction of sp³-hybridized carbons (Fsp3) is 0.133. The number of carbonyl (C=O) groups excluding carboxylic acids is 1. The summed E-state index contributed by atoms with van der Waals surface area (Å²) in [5.74, 6) is -0.874. The second-order valence-corrected chi connectivity index (χ2v) is 4.57. The molecule has 0 spiro atoms. The lowest BCUT2D eigenvalue weighted by molar-refractivity contribution is -0.122. The summed E-state index contributed by atoms with van der Waals surface area (Å²) in [6, 6.07) is 12.8. The number of halogens is 2. The molecule has 1 atom stereocenters. The van der Waals surface area contributed by atoms with Crippen LogP contribution in [0.15, 0.2) is 48.5 Å². The summed E-state index contributed by atoms with van der Waals surface area (Å²) < 4.78 is 18.7. The standard InChI is InChI=1S/C15H13ClFNO2/c1-10(20-14-9-5-3-7-12(14)17)15(19)18-13-8-4-2-6-11(13)16/h2-10H,1H3,(H,18,19). The van der Waals surface area contributed by atoms with E-state index in [1.165, 1.54) is 12.1 Å². The van der Waals surface area contributed by atoms with E-state index in [0.717, 1.165) is 0 Å². The zero-order valence-corrected chi connectivity index (χ0v) is 11.5. The Bertz CT molecular complexity index is 618. The van der Waals surface area contributed by atoms with Gasteiger partial charge in [-0.15, -0.1) is 0 Å². The Balaban J connectivity index is 2.03. The van der Waals surface area contributed by atoms with Gasteiger partial charge in [0.05, 0.1) is 10.7 Å². The molecule has 3 nitrogen and oxygen atoms in total. The minimum absolute atomic E-state index is 0.0364. The largest absolute Gasteiger partial charge is 0.478 e. The number of ether oxygens (including phenoxy) is 1. The summed E-state index contributed by atoms with van der Waals surface area (Å²) in [5, 5.41) is 3.06. The van der Waals surface area contributed by atoms with Crippen LogP contribution in [0.5, 0.6) is 5.75 Å². The highest BCUT2D eigenvalue weighted by molar-refractivity contribution is 6.33. The summed E-state index contributed by atoms with van der Waals surface area (Å²) in [5.41, 5.74) is 0.489. The van der Waals surface area contributed by atoms with E-state index in [-0.39, 0.29) is 5.75 Å². The van der Waals surface area contributed by atoms with Gasteiger partial charge in [0.25, 0.3) is 5.91 Å². The first-order valence-electron chi connectivity index (χ1n) is 6.04. The minimum atomic E-state index is -0.844. The third-order valence-electron chi connectivity index (χ3n) is 2.64. The van der Waals surface area contributed by atoms with Gasteiger partial charge >= 0.3 is 0 Å². The molecule has 0 aliphatic heterocycles. The van der Waals surface area contributed by atoms with Crippen molar-refractivity contribution in [1.82, 2.24) is 0 Å². The van der Waals surface area contributed by atoms with Crippen LogP contribution >= 0.6 is 11.6 Å². The zero-order chi connectivity index (χ0) is 14.5. The van der Waals surface area contributed by atoms with Crippen LogP contribution in [-0.2, 0) is 4.79 Å². The van der Waals surface area contributed by atoms with Gasteiger partial charge in [-0.05, 0) is 31.2 Å². The summed E-state index contributed by atoms with van der Waals surface area (Å²) in [7, 11) is 0. The van der Waals surface area contributed by atoms with Crippen LogP contribution in [0, 0.1) is 5.82 Å². The predicted octanol–water partition coefficient (Wildman–Crippen LogP) is 3.89. The molecular weight excluding hydrogens is 281 g/mol. The third kappa shape index (κ3) is 3.48. The van der Waals surface area contributed by atoms with Crippen molar-refractivity contribution in [2.24, 2.45) is 0 Å². The molecule has 2 aromatic carbocycles. The number of amides is 1. The van der Waals surface area contributed by atoms with E-state index in [1.807, 2.05) is 0 Å². The first-order valence-corrected chi connectivity index (χ1v) is 6.42. The number of nitrogens with one attached hydrogen (secondary N) is 1. The Kier molecular flexibility index (Phi) is 4.58. The monoisotopic (exact) mass is 293 g/mol. The highest BCUT2D eigenvalue weighted by Gasteiger charge is 2.17. The smallest absolute Gasteiger partial charge is 0.265 e. The maximum atomic E-state index is 13.4. The van der Waals surface area contributed by atoms with Gasteiger partial charge in [0.1, 0.15) is 0 Å². The molecule has 0 aliphatic carbocycles. The van der Waals surface area contributed by atoms with Crippen molar-refractivity contribution < 1.29 is 13.9 Å². The normalized spacial score (nSPS) is 11.8. The van der Waals surface area contributed by atoms with Crippen LogP contribution in [0.2, 0.25) is 5.02 Å². The SMILES string of the molecule is CC(Oc1ccccc1F)C(=O)Nc1ccccc1Cl. The van der Waals surface area contributed by atoms with Gasteiger partial charge in [-0.2, -0.15) is 0 Å². The molecule has 2 aromatic rings. The highest BCUT2D eigenvalue weighted by atomic mass is 35.5. The van der Waals surface area contributed by atoms with E-state index >= 15 is 0 Å². The van der Waals surface area contributed by atoms with Crippen LogP contribution in [-0.4, -0.2) is 12.0 Å². The van der Waals surface area contributed by atoms with Gasteiger partial charge in [0.2, 0.25) is 0 Å². The Morgan fingerprint density at radius 3 is 2.55 bits per heavy atom. The Labute approximate surface area is 121 Å². The van der Waals surface area contributed by atoms with Crippen LogP contribution in [0.4, 0.5) is 10.1 Å². The lowest BCUT2D eigenvalue weighted by Gasteiger charge is -2.15. The molecule has 0 aliphatic rings. The van der Waals surface area contributed by atoms with E-state index in [1.54, 1.807) is 43.3 Å². The molecular formula is C15H13ClFNO2. The van der Waals surface area contributed by atoms with Gasteiger partial charge in [-0.25, -0.2) is 4.39 Å². The molecule has 0 heterocycles. The van der Waals surface area contributed by atoms with Crippen molar-refractivity contribution in [2.45, 2.75) is 13.0 Å². The quantitative estimate of drug-likeness (QED) is 0.929. The molecule has 1 amide bonds. The van der Waals surface area contributed by atoms with Gasteiger partial charge in [0.15, 0.2) is 17.7 Å². The molecule has 20 heavy (non-hydrogen) atoms. The van der Waals surface area contributed by atoms with Crippen molar-refractivity contribution in [3.05, 3.63) is 59.4 Å². The number of para-hydroxylation sites is 2. The summed E-state index contributed by atoms with van der Waals surface area (Å²) in [4.78, 5) is 12.0. The fourth-order valence-electron chi connectivity index (χ4n) is 1.58. The van der Waals surface area contributed by atoms with Crippen molar-refractivity contribution in [3.8, 4) is 5.75 Å². The first-order chi connectivity index (χ1) is 9.58. The van der Waals surface area contributed by atoms with Crippen molar-refractivity contribution in [1.29, 1.82) is 0 Å². The van der Waals surface area contributed by atoms with Crippen LogP contribution in [0.25, 0.3) is 0 Å². The highest BCUT2D eigenvalue weighted by Crippen LogP contribution is 2.21.